The monoisotopic (exact) mass is 378 g/mol. The summed E-state index contributed by atoms with van der Waals surface area (Å²) < 4.78 is 5.15. The number of hydrogen-bond acceptors (Lipinski definition) is 2. The molecule has 0 amide bonds. The summed E-state index contributed by atoms with van der Waals surface area (Å²) in [5.41, 5.74) is 6.68. The van der Waals surface area contributed by atoms with Gasteiger partial charge in [0, 0.05) is 6.42 Å². The molecule has 0 unspecified atom stereocenters. The molecule has 0 saturated carbocycles. The predicted molar refractivity (Wildman–Crippen MR) is 119 cm³/mol. The Hall–Kier alpha value is -2.35. The molecule has 1 aliphatic rings. The van der Waals surface area contributed by atoms with E-state index in [9.17, 15) is 4.79 Å². The number of rotatable bonds is 7. The van der Waals surface area contributed by atoms with Gasteiger partial charge in [-0.2, -0.15) is 0 Å². The molecular weight excluding hydrogens is 344 g/mol. The molecule has 0 aliphatic heterocycles. The number of ether oxygens (including phenoxy) is 1. The van der Waals surface area contributed by atoms with E-state index in [1.54, 1.807) is 6.92 Å². The van der Waals surface area contributed by atoms with Crippen LogP contribution in [0.15, 0.2) is 65.3 Å². The Morgan fingerprint density at radius 1 is 1.18 bits per heavy atom. The fourth-order valence-corrected chi connectivity index (χ4v) is 3.58. The summed E-state index contributed by atoms with van der Waals surface area (Å²) in [4.78, 5) is 11.2. The topological polar surface area (TPSA) is 26.3 Å². The molecule has 2 rings (SSSR count). The average molecular weight is 379 g/mol. The first-order chi connectivity index (χ1) is 13.3. The van der Waals surface area contributed by atoms with Crippen LogP contribution >= 0.6 is 0 Å². The van der Waals surface area contributed by atoms with Crippen molar-refractivity contribution in [2.75, 3.05) is 0 Å². The van der Waals surface area contributed by atoms with Crippen LogP contribution in [0.3, 0.4) is 0 Å². The van der Waals surface area contributed by atoms with Gasteiger partial charge in [-0.25, -0.2) is 0 Å². The first-order valence-corrected chi connectivity index (χ1v) is 10.3. The molecule has 0 N–H and O–H groups in total. The lowest BCUT2D eigenvalue weighted by atomic mass is 9.72. The third-order valence-corrected chi connectivity index (χ3v) is 5.37. The molecule has 1 aromatic rings. The zero-order valence-electron chi connectivity index (χ0n) is 18.0. The molecule has 1 aliphatic carbocycles. The Kier molecular flexibility index (Phi) is 8.04. The minimum atomic E-state index is -0.166. The normalized spacial score (nSPS) is 17.5. The summed E-state index contributed by atoms with van der Waals surface area (Å²) in [7, 11) is 0. The Morgan fingerprint density at radius 2 is 1.89 bits per heavy atom. The SMILES string of the molecule is CCC(=O)OCc1ccc(C=CC=C(C)C=CC2=C(C)CCCC2(C)C)cc1. The Bertz CT molecular complexity index is 786. The van der Waals surface area contributed by atoms with Crippen molar-refractivity contribution in [3.63, 3.8) is 0 Å². The molecule has 0 aromatic heterocycles. The van der Waals surface area contributed by atoms with E-state index in [1.165, 1.54) is 36.0 Å². The lowest BCUT2D eigenvalue weighted by molar-refractivity contribution is -0.144. The van der Waals surface area contributed by atoms with E-state index in [0.717, 1.165) is 11.1 Å². The van der Waals surface area contributed by atoms with E-state index >= 15 is 0 Å². The third kappa shape index (κ3) is 6.67. The van der Waals surface area contributed by atoms with Crippen LogP contribution in [0, 0.1) is 5.41 Å². The summed E-state index contributed by atoms with van der Waals surface area (Å²) in [6.45, 7) is 11.2. The highest BCUT2D eigenvalue weighted by Gasteiger charge is 2.26. The van der Waals surface area contributed by atoms with Crippen LogP contribution < -0.4 is 0 Å². The molecule has 0 saturated heterocycles. The second-order valence-corrected chi connectivity index (χ2v) is 8.29. The summed E-state index contributed by atoms with van der Waals surface area (Å²) >= 11 is 0. The number of allylic oxidation sites excluding steroid dienone is 7. The molecule has 0 atom stereocenters. The van der Waals surface area contributed by atoms with Gasteiger partial charge in [0.15, 0.2) is 0 Å². The maximum atomic E-state index is 11.2. The summed E-state index contributed by atoms with van der Waals surface area (Å²) in [6, 6.07) is 8.09. The van der Waals surface area contributed by atoms with Crippen LogP contribution in [0.5, 0.6) is 0 Å². The summed E-state index contributed by atoms with van der Waals surface area (Å²) in [5, 5.41) is 0. The highest BCUT2D eigenvalue weighted by atomic mass is 16.5. The van der Waals surface area contributed by atoms with Crippen LogP contribution in [0.2, 0.25) is 0 Å². The van der Waals surface area contributed by atoms with Crippen molar-refractivity contribution in [3.8, 4) is 0 Å². The van der Waals surface area contributed by atoms with E-state index in [1.807, 2.05) is 24.3 Å². The molecule has 0 heterocycles. The fourth-order valence-electron chi connectivity index (χ4n) is 3.58. The van der Waals surface area contributed by atoms with Gasteiger partial charge in [0.05, 0.1) is 0 Å². The zero-order chi connectivity index (χ0) is 20.6. The number of benzene rings is 1. The van der Waals surface area contributed by atoms with Crippen LogP contribution in [0.1, 0.15) is 71.4 Å². The number of carbonyl (C=O) groups excluding carboxylic acids is 1. The quantitative estimate of drug-likeness (QED) is 0.371. The Balaban J connectivity index is 1.95. The predicted octanol–water partition coefficient (Wildman–Crippen LogP) is 7.18. The van der Waals surface area contributed by atoms with Crippen molar-refractivity contribution < 1.29 is 9.53 Å². The van der Waals surface area contributed by atoms with E-state index in [0.29, 0.717) is 13.0 Å². The van der Waals surface area contributed by atoms with Gasteiger partial charge in [-0.15, -0.1) is 0 Å². The zero-order valence-corrected chi connectivity index (χ0v) is 18.0. The van der Waals surface area contributed by atoms with Gasteiger partial charge in [0.2, 0.25) is 0 Å². The van der Waals surface area contributed by atoms with Crippen LogP contribution in [-0.4, -0.2) is 5.97 Å². The highest BCUT2D eigenvalue weighted by Crippen LogP contribution is 2.40. The van der Waals surface area contributed by atoms with Gasteiger partial charge in [-0.1, -0.05) is 86.6 Å². The van der Waals surface area contributed by atoms with Crippen molar-refractivity contribution in [3.05, 3.63) is 76.4 Å². The second-order valence-electron chi connectivity index (χ2n) is 8.29. The lowest BCUT2D eigenvalue weighted by Gasteiger charge is -2.32. The maximum Gasteiger partial charge on any atom is 0.305 e. The van der Waals surface area contributed by atoms with Crippen LogP contribution in [0.25, 0.3) is 6.08 Å². The van der Waals surface area contributed by atoms with Gasteiger partial charge in [-0.3, -0.25) is 4.79 Å². The van der Waals surface area contributed by atoms with Crippen molar-refractivity contribution in [1.29, 1.82) is 0 Å². The molecule has 150 valence electrons. The van der Waals surface area contributed by atoms with Crippen molar-refractivity contribution in [2.45, 2.75) is 66.9 Å². The van der Waals surface area contributed by atoms with Crippen molar-refractivity contribution in [1.82, 2.24) is 0 Å². The van der Waals surface area contributed by atoms with Crippen LogP contribution in [0.4, 0.5) is 0 Å². The molecule has 2 heteroatoms. The second kappa shape index (κ2) is 10.3. The first kappa shape index (κ1) is 21.9. The summed E-state index contributed by atoms with van der Waals surface area (Å²) in [6.07, 6.45) is 15.0. The smallest absolute Gasteiger partial charge is 0.305 e. The fraction of sp³-hybridized carbons (Fsp3) is 0.423. The standard InChI is InChI=1S/C26H34O2/c1-6-25(27)28-19-23-15-13-22(14-16-23)11-7-9-20(2)12-17-24-21(3)10-8-18-26(24,4)5/h7,9,11-17H,6,8,10,18-19H2,1-5H3. The molecule has 1 aromatic carbocycles. The Labute approximate surface area is 170 Å². The number of carbonyl (C=O) groups is 1. The molecule has 0 fully saturated rings. The minimum Gasteiger partial charge on any atom is -0.461 e. The molecule has 28 heavy (non-hydrogen) atoms. The van der Waals surface area contributed by atoms with Gasteiger partial charge >= 0.3 is 5.97 Å². The van der Waals surface area contributed by atoms with E-state index in [4.69, 9.17) is 4.74 Å². The number of hydrogen-bond donors (Lipinski definition) is 0. The third-order valence-electron chi connectivity index (χ3n) is 5.37. The lowest BCUT2D eigenvalue weighted by Crippen LogP contribution is -2.19. The van der Waals surface area contributed by atoms with E-state index in [2.05, 4.69) is 58.1 Å². The van der Waals surface area contributed by atoms with Gasteiger partial charge in [0.1, 0.15) is 6.61 Å². The van der Waals surface area contributed by atoms with Gasteiger partial charge in [0.25, 0.3) is 0 Å². The van der Waals surface area contributed by atoms with Crippen molar-refractivity contribution >= 4 is 12.0 Å². The van der Waals surface area contributed by atoms with Crippen LogP contribution in [-0.2, 0) is 16.1 Å². The first-order valence-electron chi connectivity index (χ1n) is 10.3. The Morgan fingerprint density at radius 3 is 2.54 bits per heavy atom. The molecular formula is C26H34O2. The molecule has 2 nitrogen and oxygen atoms in total. The average Bonchev–Trinajstić information content (AvgIpc) is 2.66. The summed E-state index contributed by atoms with van der Waals surface area (Å²) in [5.74, 6) is -0.166. The highest BCUT2D eigenvalue weighted by molar-refractivity contribution is 5.68. The molecule has 0 bridgehead atoms. The van der Waals surface area contributed by atoms with Gasteiger partial charge in [-0.05, 0) is 55.2 Å². The van der Waals surface area contributed by atoms with Gasteiger partial charge < -0.3 is 4.74 Å². The van der Waals surface area contributed by atoms with Crippen molar-refractivity contribution in [2.24, 2.45) is 5.41 Å². The molecule has 0 radical (unpaired) electrons. The van der Waals surface area contributed by atoms with E-state index in [-0.39, 0.29) is 11.4 Å². The number of esters is 1. The maximum absolute atomic E-state index is 11.2. The largest absolute Gasteiger partial charge is 0.461 e. The van der Waals surface area contributed by atoms with E-state index < -0.39 is 0 Å². The molecule has 0 spiro atoms. The minimum absolute atomic E-state index is 0.166.